The predicted octanol–water partition coefficient (Wildman–Crippen LogP) is 7.39. The zero-order valence-corrected chi connectivity index (χ0v) is 27.2. The van der Waals surface area contributed by atoms with Crippen LogP contribution in [0.25, 0.3) is 22.2 Å². The molecule has 1 atom stereocenters. The molecule has 1 amide bonds. The molecule has 1 unspecified atom stereocenters. The Morgan fingerprint density at radius 2 is 1.57 bits per heavy atom. The summed E-state index contributed by atoms with van der Waals surface area (Å²) < 4.78 is 13.0. The van der Waals surface area contributed by atoms with E-state index in [9.17, 15) is 9.59 Å². The lowest BCUT2D eigenvalue weighted by atomic mass is 9.81. The maximum atomic E-state index is 13.1. The molecule has 0 aliphatic carbocycles. The van der Waals surface area contributed by atoms with Gasteiger partial charge in [0.25, 0.3) is 0 Å². The van der Waals surface area contributed by atoms with Gasteiger partial charge in [0.1, 0.15) is 0 Å². The molecule has 234 valence electrons. The number of benzene rings is 3. The molecule has 0 bridgehead atoms. The van der Waals surface area contributed by atoms with Gasteiger partial charge >= 0.3 is 11.8 Å². The molecule has 1 fully saturated rings. The van der Waals surface area contributed by atoms with E-state index in [1.807, 2.05) is 38.1 Å². The van der Waals surface area contributed by atoms with Crippen molar-refractivity contribution in [2.45, 2.75) is 66.3 Å². The molecular formula is C36H46N4O4. The molecule has 0 saturated carbocycles. The first kappa shape index (κ1) is 31.4. The molecule has 44 heavy (non-hydrogen) atoms. The highest BCUT2D eigenvalue weighted by Gasteiger charge is 2.34. The summed E-state index contributed by atoms with van der Waals surface area (Å²) in [5.74, 6) is -0.540. The van der Waals surface area contributed by atoms with E-state index < -0.39 is 23.6 Å². The van der Waals surface area contributed by atoms with Gasteiger partial charge in [-0.2, -0.15) is 0 Å². The molecule has 1 aliphatic rings. The summed E-state index contributed by atoms with van der Waals surface area (Å²) in [5.41, 5.74) is 5.38. The third kappa shape index (κ3) is 7.02. The predicted molar refractivity (Wildman–Crippen MR) is 177 cm³/mol. The van der Waals surface area contributed by atoms with Crippen molar-refractivity contribution < 1.29 is 13.9 Å². The molecule has 1 aromatic heterocycles. The van der Waals surface area contributed by atoms with E-state index in [1.165, 1.54) is 21.3 Å². The Labute approximate surface area is 260 Å². The Balaban J connectivity index is 1.26. The maximum Gasteiger partial charge on any atom is 0.423 e. The van der Waals surface area contributed by atoms with Crippen molar-refractivity contribution in [1.29, 1.82) is 0 Å². The normalized spacial score (nSPS) is 15.4. The van der Waals surface area contributed by atoms with Crippen molar-refractivity contribution in [1.82, 2.24) is 14.4 Å². The highest BCUT2D eigenvalue weighted by Crippen LogP contribution is 2.32. The zero-order valence-electron chi connectivity index (χ0n) is 27.2. The van der Waals surface area contributed by atoms with Crippen LogP contribution in [-0.4, -0.2) is 59.2 Å². The van der Waals surface area contributed by atoms with E-state index in [0.717, 1.165) is 44.8 Å². The number of oxazole rings is 1. The Bertz CT molecular complexity index is 1640. The van der Waals surface area contributed by atoms with Crippen LogP contribution in [0.3, 0.4) is 0 Å². The number of hydrogen-bond donors (Lipinski definition) is 0. The van der Waals surface area contributed by atoms with Crippen LogP contribution in [0, 0.1) is 5.41 Å². The third-order valence-electron chi connectivity index (χ3n) is 8.55. The van der Waals surface area contributed by atoms with E-state index in [-0.39, 0.29) is 5.41 Å². The summed E-state index contributed by atoms with van der Waals surface area (Å²) in [7, 11) is 1.74. The van der Waals surface area contributed by atoms with Crippen molar-refractivity contribution in [3.8, 4) is 11.1 Å². The van der Waals surface area contributed by atoms with Gasteiger partial charge < -0.3 is 19.0 Å². The Hall–Kier alpha value is -4.04. The first-order valence-electron chi connectivity index (χ1n) is 15.5. The first-order valence-corrected chi connectivity index (χ1v) is 15.5. The van der Waals surface area contributed by atoms with E-state index in [0.29, 0.717) is 11.1 Å². The van der Waals surface area contributed by atoms with Gasteiger partial charge in [0.15, 0.2) is 11.8 Å². The summed E-state index contributed by atoms with van der Waals surface area (Å²) >= 11 is 0. The van der Waals surface area contributed by atoms with E-state index in [1.54, 1.807) is 18.9 Å². The average molecular weight is 599 g/mol. The number of carbonyl (C=O) groups is 1. The minimum absolute atomic E-state index is 0.0384. The highest BCUT2D eigenvalue weighted by atomic mass is 16.6. The van der Waals surface area contributed by atoms with Crippen LogP contribution in [0.4, 0.5) is 10.5 Å². The van der Waals surface area contributed by atoms with E-state index in [4.69, 9.17) is 9.15 Å². The van der Waals surface area contributed by atoms with Gasteiger partial charge in [-0.1, -0.05) is 75.4 Å². The zero-order chi connectivity index (χ0) is 31.6. The van der Waals surface area contributed by atoms with E-state index in [2.05, 4.69) is 79.1 Å². The summed E-state index contributed by atoms with van der Waals surface area (Å²) in [6.07, 6.45) is -0.511. The number of anilines is 1. The molecule has 1 aliphatic heterocycles. The standard InChI is InChI=1S/C36H46N4O4/c1-26(43-33(41)37(7)36(5,6)25-35(2,3)4)40-31-18-12-17-30(32(31)44-34(40)42)39-21-19-38(20-22-39)24-27-13-11-16-29(23-27)28-14-9-8-10-15-28/h8-18,23,26H,19-22,24-25H2,1-7H3. The second-order valence-corrected chi connectivity index (χ2v) is 13.8. The molecule has 8 heteroatoms. The van der Waals surface area contributed by atoms with Crippen LogP contribution >= 0.6 is 0 Å². The average Bonchev–Trinajstić information content (AvgIpc) is 3.32. The molecule has 0 spiro atoms. The minimum atomic E-state index is -0.831. The Morgan fingerprint density at radius 3 is 2.25 bits per heavy atom. The van der Waals surface area contributed by atoms with Crippen LogP contribution in [0.2, 0.25) is 0 Å². The van der Waals surface area contributed by atoms with Crippen molar-refractivity contribution >= 4 is 22.9 Å². The molecule has 2 heterocycles. The summed E-state index contributed by atoms with van der Waals surface area (Å²) in [5, 5.41) is 0. The summed E-state index contributed by atoms with van der Waals surface area (Å²) in [6, 6.07) is 25.0. The number of hydrogen-bond acceptors (Lipinski definition) is 6. The molecule has 3 aromatic carbocycles. The lowest BCUT2D eigenvalue weighted by molar-refractivity contribution is 0.0141. The van der Waals surface area contributed by atoms with Crippen molar-refractivity contribution in [2.75, 3.05) is 38.1 Å². The van der Waals surface area contributed by atoms with Crippen LogP contribution < -0.4 is 10.7 Å². The largest absolute Gasteiger partial charge is 0.425 e. The highest BCUT2D eigenvalue weighted by molar-refractivity contribution is 5.87. The van der Waals surface area contributed by atoms with Crippen molar-refractivity contribution in [3.05, 3.63) is 88.9 Å². The van der Waals surface area contributed by atoms with Gasteiger partial charge in [-0.05, 0) is 67.5 Å². The van der Waals surface area contributed by atoms with Crippen LogP contribution in [0.15, 0.2) is 82.0 Å². The minimum Gasteiger partial charge on any atom is -0.425 e. The molecule has 0 radical (unpaired) electrons. The Kier molecular flexibility index (Phi) is 8.93. The van der Waals surface area contributed by atoms with Gasteiger partial charge in [0, 0.05) is 45.3 Å². The number of para-hydroxylation sites is 1. The topological polar surface area (TPSA) is 71.2 Å². The smallest absolute Gasteiger partial charge is 0.423 e. The fourth-order valence-electron chi connectivity index (χ4n) is 6.46. The van der Waals surface area contributed by atoms with Gasteiger partial charge in [-0.15, -0.1) is 0 Å². The second-order valence-electron chi connectivity index (χ2n) is 13.8. The lowest BCUT2D eigenvalue weighted by Crippen LogP contribution is -2.47. The SMILES string of the molecule is CC(OC(=O)N(C)C(C)(C)CC(C)(C)C)n1c(=O)oc2c(N3CCN(Cc4cccc(-c5ccccc5)c4)CC3)cccc21. The van der Waals surface area contributed by atoms with Gasteiger partial charge in [0.05, 0.1) is 11.2 Å². The molecular weight excluding hydrogens is 552 g/mol. The summed E-state index contributed by atoms with van der Waals surface area (Å²) in [6.45, 7) is 16.5. The lowest BCUT2D eigenvalue weighted by Gasteiger charge is -2.39. The van der Waals surface area contributed by atoms with Crippen LogP contribution in [0.5, 0.6) is 0 Å². The number of piperazine rings is 1. The molecule has 4 aromatic rings. The number of amides is 1. The number of fused-ring (bicyclic) bond motifs is 1. The van der Waals surface area contributed by atoms with Crippen LogP contribution in [-0.2, 0) is 11.3 Å². The van der Waals surface area contributed by atoms with Crippen molar-refractivity contribution in [2.24, 2.45) is 5.41 Å². The molecule has 1 saturated heterocycles. The maximum absolute atomic E-state index is 13.1. The number of nitrogens with zero attached hydrogens (tertiary/aromatic N) is 4. The fraction of sp³-hybridized carbons (Fsp3) is 0.444. The second kappa shape index (κ2) is 12.5. The van der Waals surface area contributed by atoms with Gasteiger partial charge in [0.2, 0.25) is 0 Å². The first-order chi connectivity index (χ1) is 20.8. The number of ether oxygens (including phenoxy) is 1. The molecule has 5 rings (SSSR count). The third-order valence-corrected chi connectivity index (χ3v) is 8.55. The molecule has 8 nitrogen and oxygen atoms in total. The van der Waals surface area contributed by atoms with Crippen LogP contribution in [0.1, 0.15) is 59.8 Å². The number of rotatable bonds is 8. The van der Waals surface area contributed by atoms with Crippen molar-refractivity contribution in [3.63, 3.8) is 0 Å². The number of aromatic nitrogens is 1. The molecule has 0 N–H and O–H groups in total. The van der Waals surface area contributed by atoms with Gasteiger partial charge in [-0.3, -0.25) is 4.90 Å². The Morgan fingerprint density at radius 1 is 0.909 bits per heavy atom. The van der Waals surface area contributed by atoms with E-state index >= 15 is 0 Å². The monoisotopic (exact) mass is 598 g/mol. The van der Waals surface area contributed by atoms with Gasteiger partial charge in [-0.25, -0.2) is 14.2 Å². The number of carbonyl (C=O) groups excluding carboxylic acids is 1. The fourth-order valence-corrected chi connectivity index (χ4v) is 6.46. The quantitative estimate of drug-likeness (QED) is 0.211. The summed E-state index contributed by atoms with van der Waals surface area (Å²) in [4.78, 5) is 32.6.